The van der Waals surface area contributed by atoms with Crippen LogP contribution in [0.4, 0.5) is 5.69 Å². The highest BCUT2D eigenvalue weighted by Crippen LogP contribution is 2.17. The number of nitrogens with one attached hydrogen (secondary N) is 3. The molecule has 2 amide bonds. The second-order valence-corrected chi connectivity index (χ2v) is 8.16. The van der Waals surface area contributed by atoms with Crippen LogP contribution in [0.3, 0.4) is 0 Å². The lowest BCUT2D eigenvalue weighted by molar-refractivity contribution is -0.122. The van der Waals surface area contributed by atoms with Gasteiger partial charge in [0.25, 0.3) is 15.9 Å². The van der Waals surface area contributed by atoms with Gasteiger partial charge < -0.3 is 10.6 Å². The van der Waals surface area contributed by atoms with Gasteiger partial charge in [-0.2, -0.15) is 0 Å². The van der Waals surface area contributed by atoms with Crippen molar-refractivity contribution in [1.29, 1.82) is 0 Å². The van der Waals surface area contributed by atoms with Gasteiger partial charge >= 0.3 is 0 Å². The lowest BCUT2D eigenvalue weighted by Crippen LogP contribution is -2.45. The van der Waals surface area contributed by atoms with Crippen molar-refractivity contribution in [2.75, 3.05) is 11.3 Å². The molecule has 1 unspecified atom stereocenters. The third-order valence-electron chi connectivity index (χ3n) is 4.02. The number of hydrogen-bond acceptors (Lipinski definition) is 4. The van der Waals surface area contributed by atoms with E-state index in [1.807, 2.05) is 26.0 Å². The lowest BCUT2D eigenvalue weighted by Gasteiger charge is -2.14. The zero-order valence-corrected chi connectivity index (χ0v) is 17.0. The lowest BCUT2D eigenvalue weighted by atomic mass is 10.2. The van der Waals surface area contributed by atoms with Crippen LogP contribution in [0, 0.1) is 6.92 Å². The molecule has 2 aromatic carbocycles. The molecule has 150 valence electrons. The smallest absolute Gasteiger partial charge is 0.261 e. The first-order chi connectivity index (χ1) is 13.2. The van der Waals surface area contributed by atoms with Gasteiger partial charge in [0.15, 0.2) is 0 Å². The first kappa shape index (κ1) is 21.4. The molecule has 0 aliphatic carbocycles. The van der Waals surface area contributed by atoms with E-state index in [2.05, 4.69) is 15.4 Å². The molecule has 0 radical (unpaired) electrons. The maximum Gasteiger partial charge on any atom is 0.261 e. The summed E-state index contributed by atoms with van der Waals surface area (Å²) in [4.78, 5) is 24.1. The van der Waals surface area contributed by atoms with Crippen LogP contribution in [0.2, 0.25) is 0 Å². The predicted octanol–water partition coefficient (Wildman–Crippen LogP) is 2.44. The predicted molar refractivity (Wildman–Crippen MR) is 109 cm³/mol. The third kappa shape index (κ3) is 5.82. The van der Waals surface area contributed by atoms with Gasteiger partial charge in [-0.3, -0.25) is 14.3 Å². The largest absolute Gasteiger partial charge is 0.354 e. The Morgan fingerprint density at radius 2 is 1.61 bits per heavy atom. The van der Waals surface area contributed by atoms with E-state index >= 15 is 0 Å². The number of amides is 2. The van der Waals surface area contributed by atoms with E-state index < -0.39 is 22.0 Å². The number of sulfonamides is 1. The van der Waals surface area contributed by atoms with Crippen molar-refractivity contribution in [3.05, 3.63) is 59.7 Å². The van der Waals surface area contributed by atoms with E-state index in [1.165, 1.54) is 24.3 Å². The molecule has 0 aliphatic heterocycles. The Balaban J connectivity index is 2.04. The summed E-state index contributed by atoms with van der Waals surface area (Å²) in [5.74, 6) is -0.716. The van der Waals surface area contributed by atoms with Crippen molar-refractivity contribution < 1.29 is 18.0 Å². The minimum atomic E-state index is -3.76. The first-order valence-electron chi connectivity index (χ1n) is 9.01. The second-order valence-electron chi connectivity index (χ2n) is 6.48. The fourth-order valence-electron chi connectivity index (χ4n) is 2.37. The fourth-order valence-corrected chi connectivity index (χ4v) is 3.43. The summed E-state index contributed by atoms with van der Waals surface area (Å²) in [5.41, 5.74) is 1.75. The molecule has 28 heavy (non-hydrogen) atoms. The van der Waals surface area contributed by atoms with E-state index in [0.29, 0.717) is 12.2 Å². The van der Waals surface area contributed by atoms with Crippen molar-refractivity contribution in [3.8, 4) is 0 Å². The van der Waals surface area contributed by atoms with E-state index in [9.17, 15) is 18.0 Å². The summed E-state index contributed by atoms with van der Waals surface area (Å²) in [6.45, 7) is 5.98. The van der Waals surface area contributed by atoms with Gasteiger partial charge in [-0.25, -0.2) is 8.42 Å². The van der Waals surface area contributed by atoms with E-state index in [1.54, 1.807) is 19.1 Å². The van der Waals surface area contributed by atoms with Gasteiger partial charge in [-0.05, 0) is 56.7 Å². The van der Waals surface area contributed by atoms with Crippen molar-refractivity contribution >= 4 is 27.5 Å². The Morgan fingerprint density at radius 1 is 1.00 bits per heavy atom. The van der Waals surface area contributed by atoms with Crippen LogP contribution in [0.5, 0.6) is 0 Å². The Hall–Kier alpha value is -2.87. The quantitative estimate of drug-likeness (QED) is 0.630. The SMILES string of the molecule is CCCNC(=O)C(C)NC(=O)c1ccc(S(=O)(=O)Nc2ccc(C)cc2)cc1. The Bertz CT molecular complexity index is 923. The number of carbonyl (C=O) groups is 2. The Kier molecular flexibility index (Phi) is 7.17. The molecule has 7 nitrogen and oxygen atoms in total. The highest BCUT2D eigenvalue weighted by atomic mass is 32.2. The number of aryl methyl sites for hydroxylation is 1. The van der Waals surface area contributed by atoms with Crippen LogP contribution in [0.25, 0.3) is 0 Å². The maximum absolute atomic E-state index is 12.5. The summed E-state index contributed by atoms with van der Waals surface area (Å²) in [5, 5.41) is 5.30. The van der Waals surface area contributed by atoms with Crippen LogP contribution in [0.15, 0.2) is 53.4 Å². The van der Waals surface area contributed by atoms with Gasteiger partial charge in [0, 0.05) is 17.8 Å². The molecule has 8 heteroatoms. The first-order valence-corrected chi connectivity index (χ1v) is 10.5. The van der Waals surface area contributed by atoms with E-state index in [-0.39, 0.29) is 16.4 Å². The molecular weight excluding hydrogens is 378 g/mol. The molecule has 0 heterocycles. The van der Waals surface area contributed by atoms with Crippen LogP contribution < -0.4 is 15.4 Å². The average Bonchev–Trinajstić information content (AvgIpc) is 2.67. The molecule has 0 saturated heterocycles. The molecule has 0 bridgehead atoms. The van der Waals surface area contributed by atoms with Gasteiger partial charge in [0.2, 0.25) is 5.91 Å². The van der Waals surface area contributed by atoms with Gasteiger partial charge in [0.05, 0.1) is 4.90 Å². The average molecular weight is 404 g/mol. The molecule has 0 aromatic heterocycles. The maximum atomic E-state index is 12.5. The summed E-state index contributed by atoms with van der Waals surface area (Å²) in [6, 6.07) is 11.8. The number of benzene rings is 2. The van der Waals surface area contributed by atoms with Gasteiger partial charge in [-0.15, -0.1) is 0 Å². The van der Waals surface area contributed by atoms with Crippen molar-refractivity contribution in [2.45, 2.75) is 38.1 Å². The second kappa shape index (κ2) is 9.36. The Morgan fingerprint density at radius 3 is 2.18 bits per heavy atom. The van der Waals surface area contributed by atoms with Crippen LogP contribution in [-0.2, 0) is 14.8 Å². The van der Waals surface area contributed by atoms with Crippen molar-refractivity contribution in [3.63, 3.8) is 0 Å². The molecule has 0 saturated carbocycles. The van der Waals surface area contributed by atoms with Crippen LogP contribution >= 0.6 is 0 Å². The summed E-state index contributed by atoms with van der Waals surface area (Å²) < 4.78 is 27.4. The van der Waals surface area contributed by atoms with Crippen LogP contribution in [0.1, 0.15) is 36.2 Å². The number of hydrogen-bond donors (Lipinski definition) is 3. The number of carbonyl (C=O) groups excluding carboxylic acids is 2. The zero-order chi connectivity index (χ0) is 20.7. The third-order valence-corrected chi connectivity index (χ3v) is 5.42. The molecule has 0 spiro atoms. The molecule has 2 aromatic rings. The molecule has 0 fully saturated rings. The summed E-state index contributed by atoms with van der Waals surface area (Å²) >= 11 is 0. The molecule has 0 aliphatic rings. The minimum Gasteiger partial charge on any atom is -0.354 e. The molecular formula is C20H25N3O4S. The van der Waals surface area contributed by atoms with E-state index in [4.69, 9.17) is 0 Å². The number of anilines is 1. The molecule has 2 rings (SSSR count). The topological polar surface area (TPSA) is 104 Å². The van der Waals surface area contributed by atoms with Crippen molar-refractivity contribution in [1.82, 2.24) is 10.6 Å². The highest BCUT2D eigenvalue weighted by Gasteiger charge is 2.18. The van der Waals surface area contributed by atoms with Gasteiger partial charge in [-0.1, -0.05) is 24.6 Å². The Labute approximate surface area is 165 Å². The highest BCUT2D eigenvalue weighted by molar-refractivity contribution is 7.92. The summed E-state index contributed by atoms with van der Waals surface area (Å²) in [7, 11) is -3.76. The summed E-state index contributed by atoms with van der Waals surface area (Å²) in [6.07, 6.45) is 0.805. The molecule has 1 atom stereocenters. The zero-order valence-electron chi connectivity index (χ0n) is 16.2. The molecule has 3 N–H and O–H groups in total. The van der Waals surface area contributed by atoms with E-state index in [0.717, 1.165) is 12.0 Å². The number of rotatable bonds is 8. The normalized spacial score (nSPS) is 12.1. The fraction of sp³-hybridized carbons (Fsp3) is 0.300. The van der Waals surface area contributed by atoms with Crippen molar-refractivity contribution in [2.24, 2.45) is 0 Å². The monoisotopic (exact) mass is 403 g/mol. The van der Waals surface area contributed by atoms with Gasteiger partial charge in [0.1, 0.15) is 6.04 Å². The minimum absolute atomic E-state index is 0.0402. The standard InChI is InChI=1S/C20H25N3O4S/c1-4-13-21-19(24)15(3)22-20(25)16-7-11-18(12-8-16)28(26,27)23-17-9-5-14(2)6-10-17/h5-12,15,23H,4,13H2,1-3H3,(H,21,24)(H,22,25). The van der Waals surface area contributed by atoms with Crippen LogP contribution in [-0.4, -0.2) is 32.8 Å².